The van der Waals surface area contributed by atoms with Crippen molar-refractivity contribution in [3.63, 3.8) is 0 Å². The van der Waals surface area contributed by atoms with Crippen LogP contribution < -0.4 is 5.32 Å². The van der Waals surface area contributed by atoms with E-state index in [1.165, 1.54) is 25.9 Å². The fraction of sp³-hybridized carbons (Fsp3) is 0.385. The molecule has 1 aromatic carbocycles. The van der Waals surface area contributed by atoms with Crippen LogP contribution in [0.15, 0.2) is 48.8 Å². The zero-order valence-electron chi connectivity index (χ0n) is 20.0. The molecule has 1 amide bonds. The Hall–Kier alpha value is -3.69. The number of pyridine rings is 1. The number of nitrogens with one attached hydrogen (secondary N) is 1. The molecule has 1 N–H and O–H groups in total. The number of carbonyl (C=O) groups excluding carboxylic acids is 2. The highest BCUT2D eigenvalue weighted by atomic mass is 19.4. The van der Waals surface area contributed by atoms with Gasteiger partial charge in [-0.25, -0.2) is 0 Å². The second-order valence-corrected chi connectivity index (χ2v) is 9.07. The number of anilines is 1. The van der Waals surface area contributed by atoms with Crippen molar-refractivity contribution in [1.82, 2.24) is 14.8 Å². The zero-order chi connectivity index (χ0) is 25.9. The lowest BCUT2D eigenvalue weighted by Gasteiger charge is -2.28. The molecular formula is C26H27F3N4O3. The van der Waals surface area contributed by atoms with Gasteiger partial charge in [-0.2, -0.15) is 18.3 Å². The average molecular weight is 501 g/mol. The summed E-state index contributed by atoms with van der Waals surface area (Å²) >= 11 is 0. The largest absolute Gasteiger partial charge is 0.469 e. The predicted octanol–water partition coefficient (Wildman–Crippen LogP) is 5.59. The molecule has 2 aromatic heterocycles. The van der Waals surface area contributed by atoms with Crippen molar-refractivity contribution >= 4 is 17.6 Å². The summed E-state index contributed by atoms with van der Waals surface area (Å²) in [6.45, 7) is 0. The number of aryl methyl sites for hydroxylation is 1. The van der Waals surface area contributed by atoms with Gasteiger partial charge in [-0.1, -0.05) is 24.3 Å². The van der Waals surface area contributed by atoms with Crippen molar-refractivity contribution in [3.8, 4) is 11.3 Å². The van der Waals surface area contributed by atoms with E-state index in [-0.39, 0.29) is 11.7 Å². The number of methoxy groups -OCH3 is 1. The lowest BCUT2D eigenvalue weighted by molar-refractivity contribution is -0.142. The fourth-order valence-electron chi connectivity index (χ4n) is 4.65. The number of rotatable bonds is 6. The first-order valence-electron chi connectivity index (χ1n) is 11.7. The summed E-state index contributed by atoms with van der Waals surface area (Å²) in [4.78, 5) is 28.3. The molecule has 1 fully saturated rings. The molecule has 1 saturated carbocycles. The summed E-state index contributed by atoms with van der Waals surface area (Å²) in [7, 11) is 2.74. The quantitative estimate of drug-likeness (QED) is 0.446. The van der Waals surface area contributed by atoms with Crippen LogP contribution in [0.1, 0.15) is 59.6 Å². The summed E-state index contributed by atoms with van der Waals surface area (Å²) in [5.41, 5.74) is 1.31. The summed E-state index contributed by atoms with van der Waals surface area (Å²) < 4.78 is 45.1. The van der Waals surface area contributed by atoms with Gasteiger partial charge in [-0.15, -0.1) is 0 Å². The second kappa shape index (κ2) is 10.5. The highest BCUT2D eigenvalue weighted by Crippen LogP contribution is 2.37. The third-order valence-electron chi connectivity index (χ3n) is 6.57. The molecule has 4 rings (SSSR count). The lowest BCUT2D eigenvalue weighted by atomic mass is 9.77. The number of aromatic nitrogens is 3. The molecule has 36 heavy (non-hydrogen) atoms. The van der Waals surface area contributed by atoms with Crippen molar-refractivity contribution < 1.29 is 27.5 Å². The number of hydrogen-bond donors (Lipinski definition) is 1. The van der Waals surface area contributed by atoms with Crippen molar-refractivity contribution in [2.75, 3.05) is 12.4 Å². The lowest BCUT2D eigenvalue weighted by Crippen LogP contribution is -2.17. The van der Waals surface area contributed by atoms with E-state index in [1.54, 1.807) is 12.1 Å². The van der Waals surface area contributed by atoms with Gasteiger partial charge in [-0.3, -0.25) is 19.3 Å². The van der Waals surface area contributed by atoms with Gasteiger partial charge in [0.25, 0.3) is 5.91 Å². The molecule has 0 saturated heterocycles. The Balaban J connectivity index is 1.37. The van der Waals surface area contributed by atoms with Crippen molar-refractivity contribution in [2.45, 2.75) is 44.2 Å². The molecule has 1 aliphatic carbocycles. The van der Waals surface area contributed by atoms with Crippen LogP contribution in [-0.4, -0.2) is 33.8 Å². The highest BCUT2D eigenvalue weighted by molar-refractivity contribution is 6.05. The van der Waals surface area contributed by atoms with Crippen LogP contribution in [-0.2, 0) is 22.8 Å². The minimum absolute atomic E-state index is 0.149. The molecule has 2 heterocycles. The Morgan fingerprint density at radius 3 is 2.36 bits per heavy atom. The molecule has 1 aliphatic rings. The minimum atomic E-state index is -4.73. The van der Waals surface area contributed by atoms with Gasteiger partial charge >= 0.3 is 12.1 Å². The molecule has 0 aliphatic heterocycles. The normalized spacial score (nSPS) is 18.0. The standard InChI is InChI=1S/C26H27F3N4O3/c1-33-15-21(24(32-33)26(27,28)29)25(35)31-20-11-12-22(30-14-20)19-9-7-18(8-10-19)17-5-3-16(4-6-17)13-23(34)36-2/h7-12,14-17H,3-6,13H2,1-2H3,(H,31,35). The Morgan fingerprint density at radius 2 is 1.78 bits per heavy atom. The third-order valence-corrected chi connectivity index (χ3v) is 6.57. The topological polar surface area (TPSA) is 86.1 Å². The molecule has 10 heteroatoms. The van der Waals surface area contributed by atoms with Gasteiger partial charge in [0.2, 0.25) is 0 Å². The number of carbonyl (C=O) groups is 2. The number of halogens is 3. The third kappa shape index (κ3) is 5.92. The van der Waals surface area contributed by atoms with Gasteiger partial charge in [0.05, 0.1) is 30.3 Å². The van der Waals surface area contributed by atoms with Crippen LogP contribution in [0.2, 0.25) is 0 Å². The first-order valence-corrected chi connectivity index (χ1v) is 11.7. The maximum absolute atomic E-state index is 13.1. The van der Waals surface area contributed by atoms with Gasteiger partial charge in [0, 0.05) is 25.2 Å². The number of alkyl halides is 3. The fourth-order valence-corrected chi connectivity index (χ4v) is 4.65. The van der Waals surface area contributed by atoms with E-state index < -0.39 is 23.3 Å². The van der Waals surface area contributed by atoms with Crippen LogP contribution in [0.3, 0.4) is 0 Å². The number of amides is 1. The molecule has 7 nitrogen and oxygen atoms in total. The van der Waals surface area contributed by atoms with Gasteiger partial charge in [0.15, 0.2) is 5.69 Å². The van der Waals surface area contributed by atoms with Crippen molar-refractivity contribution in [1.29, 1.82) is 0 Å². The molecule has 3 aromatic rings. The SMILES string of the molecule is COC(=O)CC1CCC(c2ccc(-c3ccc(NC(=O)c4cn(C)nc4C(F)(F)F)cn3)cc2)CC1. The summed E-state index contributed by atoms with van der Waals surface area (Å²) in [5.74, 6) is -0.221. The van der Waals surface area contributed by atoms with E-state index >= 15 is 0 Å². The number of esters is 1. The number of hydrogen-bond acceptors (Lipinski definition) is 5. The van der Waals surface area contributed by atoms with E-state index in [9.17, 15) is 22.8 Å². The van der Waals surface area contributed by atoms with Crippen LogP contribution in [0.4, 0.5) is 18.9 Å². The molecule has 0 bridgehead atoms. The maximum Gasteiger partial charge on any atom is 0.435 e. The van der Waals surface area contributed by atoms with E-state index in [0.717, 1.165) is 42.1 Å². The first kappa shape index (κ1) is 25.4. The average Bonchev–Trinajstić information content (AvgIpc) is 3.28. The van der Waals surface area contributed by atoms with Crippen molar-refractivity contribution in [2.24, 2.45) is 13.0 Å². The van der Waals surface area contributed by atoms with E-state index in [2.05, 4.69) is 27.5 Å². The Bertz CT molecular complexity index is 1210. The zero-order valence-corrected chi connectivity index (χ0v) is 20.0. The van der Waals surface area contributed by atoms with Crippen molar-refractivity contribution in [3.05, 3.63) is 65.6 Å². The summed E-state index contributed by atoms with van der Waals surface area (Å²) in [6.07, 6.45) is 2.25. The van der Waals surface area contributed by atoms with Gasteiger partial charge < -0.3 is 10.1 Å². The number of ether oxygens (including phenoxy) is 1. The Morgan fingerprint density at radius 1 is 1.08 bits per heavy atom. The van der Waals surface area contributed by atoms with Crippen LogP contribution in [0.25, 0.3) is 11.3 Å². The predicted molar refractivity (Wildman–Crippen MR) is 127 cm³/mol. The first-order chi connectivity index (χ1) is 17.1. The van der Waals surface area contributed by atoms with Gasteiger partial charge in [-0.05, 0) is 55.2 Å². The molecular weight excluding hydrogens is 473 g/mol. The highest BCUT2D eigenvalue weighted by Gasteiger charge is 2.39. The second-order valence-electron chi connectivity index (χ2n) is 9.07. The van der Waals surface area contributed by atoms with E-state index in [0.29, 0.717) is 24.0 Å². The summed E-state index contributed by atoms with van der Waals surface area (Å²) in [6, 6.07) is 11.4. The van der Waals surface area contributed by atoms with E-state index in [4.69, 9.17) is 4.74 Å². The molecule has 0 atom stereocenters. The van der Waals surface area contributed by atoms with Crippen LogP contribution in [0, 0.1) is 5.92 Å². The molecule has 0 radical (unpaired) electrons. The number of nitrogens with zero attached hydrogens (tertiary/aromatic N) is 3. The number of benzene rings is 1. The van der Waals surface area contributed by atoms with Crippen LogP contribution >= 0.6 is 0 Å². The van der Waals surface area contributed by atoms with Crippen LogP contribution in [0.5, 0.6) is 0 Å². The minimum Gasteiger partial charge on any atom is -0.469 e. The smallest absolute Gasteiger partial charge is 0.435 e. The maximum atomic E-state index is 13.1. The Labute approximate surface area is 206 Å². The molecule has 190 valence electrons. The molecule has 0 spiro atoms. The summed E-state index contributed by atoms with van der Waals surface area (Å²) in [5, 5.41) is 5.80. The van der Waals surface area contributed by atoms with E-state index in [1.807, 2.05) is 12.1 Å². The van der Waals surface area contributed by atoms with Gasteiger partial charge in [0.1, 0.15) is 0 Å². The molecule has 0 unspecified atom stereocenters. The Kier molecular flexibility index (Phi) is 7.42. The monoisotopic (exact) mass is 500 g/mol.